The van der Waals surface area contributed by atoms with E-state index < -0.39 is 66.0 Å². The van der Waals surface area contributed by atoms with Crippen molar-refractivity contribution < 1.29 is 47.6 Å². The van der Waals surface area contributed by atoms with Gasteiger partial charge in [0, 0.05) is 0 Å². The molecule has 2 N–H and O–H groups in total. The molecule has 0 radical (unpaired) electrons. The van der Waals surface area contributed by atoms with E-state index in [2.05, 4.69) is 10.6 Å². The van der Waals surface area contributed by atoms with E-state index in [1.54, 1.807) is 41.5 Å². The van der Waals surface area contributed by atoms with Crippen LogP contribution in [-0.2, 0) is 74.0 Å². The molecule has 1 aliphatic rings. The average Bonchev–Trinajstić information content (AvgIpc) is 3.55. The average molecular weight is 809 g/mol. The van der Waals surface area contributed by atoms with E-state index in [1.807, 2.05) is 121 Å². The molecular formula is C47H56N2O10. The predicted octanol–water partition coefficient (Wildman–Crippen LogP) is 6.45. The van der Waals surface area contributed by atoms with E-state index in [1.165, 1.54) is 0 Å². The molecule has 1 saturated heterocycles. The lowest BCUT2D eigenvalue weighted by Gasteiger charge is -2.32. The van der Waals surface area contributed by atoms with Crippen molar-refractivity contribution in [3.8, 4) is 0 Å². The van der Waals surface area contributed by atoms with Crippen LogP contribution >= 0.6 is 0 Å². The first-order valence-electron chi connectivity index (χ1n) is 20.0. The molecule has 2 amide bonds. The lowest BCUT2D eigenvalue weighted by atomic mass is 9.98. The summed E-state index contributed by atoms with van der Waals surface area (Å²) in [5.74, 6) is -4.67. The Labute approximate surface area is 346 Å². The third-order valence-corrected chi connectivity index (χ3v) is 9.71. The Kier molecular flexibility index (Phi) is 16.3. The van der Waals surface area contributed by atoms with Crippen LogP contribution in [0.3, 0.4) is 0 Å². The van der Waals surface area contributed by atoms with Gasteiger partial charge in [0.05, 0.1) is 13.2 Å². The number of ether oxygens (including phenoxy) is 6. The molecule has 4 aromatic carbocycles. The van der Waals surface area contributed by atoms with Crippen LogP contribution in [0.2, 0.25) is 0 Å². The van der Waals surface area contributed by atoms with Gasteiger partial charge in [-0.05, 0) is 47.9 Å². The van der Waals surface area contributed by atoms with Crippen molar-refractivity contribution in [1.29, 1.82) is 0 Å². The largest absolute Gasteiger partial charge is 0.459 e. The maximum Gasteiger partial charge on any atom is 0.329 e. The summed E-state index contributed by atoms with van der Waals surface area (Å²) in [5, 5.41) is 5.71. The van der Waals surface area contributed by atoms with Gasteiger partial charge in [-0.2, -0.15) is 0 Å². The Hall–Kier alpha value is -5.40. The summed E-state index contributed by atoms with van der Waals surface area (Å²) in [7, 11) is 0. The number of esters is 2. The first-order valence-corrected chi connectivity index (χ1v) is 20.0. The van der Waals surface area contributed by atoms with Crippen LogP contribution in [0.4, 0.5) is 0 Å². The molecule has 0 spiro atoms. The lowest BCUT2D eigenvalue weighted by molar-refractivity contribution is -0.173. The Morgan fingerprint density at radius 2 is 0.797 bits per heavy atom. The molecule has 1 fully saturated rings. The summed E-state index contributed by atoms with van der Waals surface area (Å²) >= 11 is 0. The van der Waals surface area contributed by atoms with Gasteiger partial charge in [0.1, 0.15) is 37.5 Å². The van der Waals surface area contributed by atoms with E-state index in [9.17, 15) is 19.2 Å². The maximum atomic E-state index is 14.5. The highest BCUT2D eigenvalue weighted by atomic mass is 16.8. The fourth-order valence-electron chi connectivity index (χ4n) is 6.55. The molecule has 0 aromatic heterocycles. The molecule has 1 heterocycles. The van der Waals surface area contributed by atoms with Crippen LogP contribution in [0.5, 0.6) is 0 Å². The second kappa shape index (κ2) is 21.6. The normalized spacial score (nSPS) is 18.0. The molecule has 59 heavy (non-hydrogen) atoms. The number of hydrogen-bond donors (Lipinski definition) is 2. The first kappa shape index (κ1) is 44.7. The zero-order valence-corrected chi connectivity index (χ0v) is 34.6. The molecule has 0 saturated carbocycles. The van der Waals surface area contributed by atoms with E-state index in [0.29, 0.717) is 0 Å². The topological polar surface area (TPSA) is 148 Å². The van der Waals surface area contributed by atoms with Gasteiger partial charge in [-0.3, -0.25) is 9.59 Å². The summed E-state index contributed by atoms with van der Waals surface area (Å²) < 4.78 is 36.9. The van der Waals surface area contributed by atoms with Crippen molar-refractivity contribution in [3.63, 3.8) is 0 Å². The SMILES string of the molecule is CC(C)[C@H](NC(=O)[C@H](OCc1ccccc1)[C@@H]1OC(C)(C)O[C@H]1[C@@H](OCc1ccccc1)C(=O)N[C@H](C(=O)OCc1ccccc1)C(C)C)C(=O)OCc1ccccc1. The number of rotatable bonds is 20. The molecule has 12 nitrogen and oxygen atoms in total. The predicted molar refractivity (Wildman–Crippen MR) is 220 cm³/mol. The minimum absolute atomic E-state index is 0.0127. The molecule has 0 aliphatic carbocycles. The first-order chi connectivity index (χ1) is 28.3. The van der Waals surface area contributed by atoms with E-state index in [4.69, 9.17) is 28.4 Å². The van der Waals surface area contributed by atoms with Crippen molar-refractivity contribution in [2.75, 3.05) is 0 Å². The highest BCUT2D eigenvalue weighted by Gasteiger charge is 2.54. The van der Waals surface area contributed by atoms with E-state index >= 15 is 0 Å². The second-order valence-electron chi connectivity index (χ2n) is 15.6. The molecule has 12 heteroatoms. The smallest absolute Gasteiger partial charge is 0.329 e. The highest BCUT2D eigenvalue weighted by Crippen LogP contribution is 2.35. The van der Waals surface area contributed by atoms with Gasteiger partial charge in [0.15, 0.2) is 18.0 Å². The number of carbonyl (C=O) groups is 4. The van der Waals surface area contributed by atoms with Crippen LogP contribution < -0.4 is 10.6 Å². The summed E-state index contributed by atoms with van der Waals surface area (Å²) in [6.07, 6.45) is -5.32. The Morgan fingerprint density at radius 1 is 0.508 bits per heavy atom. The van der Waals surface area contributed by atoms with Gasteiger partial charge < -0.3 is 39.1 Å². The Bertz CT molecular complexity index is 1790. The zero-order chi connectivity index (χ0) is 42.4. The molecule has 0 unspecified atom stereocenters. The Balaban J connectivity index is 1.44. The van der Waals surface area contributed by atoms with Gasteiger partial charge in [-0.15, -0.1) is 0 Å². The number of carbonyl (C=O) groups excluding carboxylic acids is 4. The van der Waals surface area contributed by atoms with Crippen LogP contribution in [0.15, 0.2) is 121 Å². The van der Waals surface area contributed by atoms with Gasteiger partial charge in [0.2, 0.25) is 0 Å². The molecule has 0 bridgehead atoms. The van der Waals surface area contributed by atoms with Crippen molar-refractivity contribution >= 4 is 23.8 Å². The van der Waals surface area contributed by atoms with Gasteiger partial charge in [0.25, 0.3) is 11.8 Å². The highest BCUT2D eigenvalue weighted by molar-refractivity contribution is 5.89. The van der Waals surface area contributed by atoms with Gasteiger partial charge in [-0.25, -0.2) is 9.59 Å². The second-order valence-corrected chi connectivity index (χ2v) is 15.6. The number of benzene rings is 4. The van der Waals surface area contributed by atoms with E-state index in [-0.39, 0.29) is 38.3 Å². The number of nitrogens with one attached hydrogen (secondary N) is 2. The van der Waals surface area contributed by atoms with Crippen LogP contribution in [0, 0.1) is 11.8 Å². The quantitative estimate of drug-likeness (QED) is 0.0956. The van der Waals surface area contributed by atoms with Crippen molar-refractivity contribution in [3.05, 3.63) is 144 Å². The maximum absolute atomic E-state index is 14.5. The third-order valence-electron chi connectivity index (χ3n) is 9.71. The number of hydrogen-bond acceptors (Lipinski definition) is 10. The molecule has 1 aliphatic heterocycles. The van der Waals surface area contributed by atoms with Crippen LogP contribution in [0.1, 0.15) is 63.8 Å². The zero-order valence-electron chi connectivity index (χ0n) is 34.6. The fourth-order valence-corrected chi connectivity index (χ4v) is 6.55. The summed E-state index contributed by atoms with van der Waals surface area (Å²) in [6.45, 7) is 10.5. The van der Waals surface area contributed by atoms with Crippen molar-refractivity contribution in [2.24, 2.45) is 11.8 Å². The fraction of sp³-hybridized carbons (Fsp3) is 0.404. The molecule has 6 atom stereocenters. The molecule has 5 rings (SSSR count). The lowest BCUT2D eigenvalue weighted by Crippen LogP contribution is -2.58. The summed E-state index contributed by atoms with van der Waals surface area (Å²) in [4.78, 5) is 56.1. The third kappa shape index (κ3) is 13.3. The Morgan fingerprint density at radius 3 is 1.08 bits per heavy atom. The van der Waals surface area contributed by atoms with Crippen LogP contribution in [-0.4, -0.2) is 66.0 Å². The minimum atomic E-state index is -1.42. The minimum Gasteiger partial charge on any atom is -0.459 e. The standard InChI is InChI=1S/C47H56N2O10/c1-31(2)37(45(52)56-29-35-23-15-9-16-24-35)48-43(50)41(54-27-33-19-11-7-12-20-33)39-40(59-47(5,6)58-39)42(55-28-34-21-13-8-14-22-34)44(51)49-38(32(3)4)46(53)57-30-36-25-17-10-18-26-36/h7-26,31-32,37-42H,27-30H2,1-6H3,(H,48,50)(H,49,51)/t37-,38-,39+,40+,41+,42+/m0/s1. The number of amides is 2. The molecule has 4 aromatic rings. The van der Waals surface area contributed by atoms with Crippen molar-refractivity contribution in [1.82, 2.24) is 10.6 Å². The van der Waals surface area contributed by atoms with E-state index in [0.717, 1.165) is 22.3 Å². The molecular weight excluding hydrogens is 753 g/mol. The van der Waals surface area contributed by atoms with Gasteiger partial charge in [-0.1, -0.05) is 149 Å². The molecule has 314 valence electrons. The van der Waals surface area contributed by atoms with Crippen LogP contribution in [0.25, 0.3) is 0 Å². The summed E-state index contributed by atoms with van der Waals surface area (Å²) in [5.41, 5.74) is 3.13. The monoisotopic (exact) mass is 808 g/mol. The van der Waals surface area contributed by atoms with Gasteiger partial charge >= 0.3 is 11.9 Å². The van der Waals surface area contributed by atoms with Crippen molar-refractivity contribution in [2.45, 2.75) is 110 Å². The summed E-state index contributed by atoms with van der Waals surface area (Å²) in [6, 6.07) is 34.9.